The smallest absolute Gasteiger partial charge is 0.243 e. The predicted octanol–water partition coefficient (Wildman–Crippen LogP) is 1.92. The Morgan fingerprint density at radius 1 is 1.62 bits per heavy atom. The number of nitrogens with one attached hydrogen (secondary N) is 1. The van der Waals surface area contributed by atoms with E-state index in [4.69, 9.17) is 0 Å². The van der Waals surface area contributed by atoms with Gasteiger partial charge in [-0.05, 0) is 35.0 Å². The molecule has 2 heterocycles. The summed E-state index contributed by atoms with van der Waals surface area (Å²) in [4.78, 5) is 4.30. The lowest BCUT2D eigenvalue weighted by atomic mass is 10.5. The third kappa shape index (κ3) is 1.51. The van der Waals surface area contributed by atoms with Crippen LogP contribution in [0, 0.1) is 0 Å². The lowest BCUT2D eigenvalue weighted by Crippen LogP contribution is -1.98. The Balaban J connectivity index is 2.55. The second-order valence-electron chi connectivity index (χ2n) is 2.59. The second kappa shape index (κ2) is 3.33. The van der Waals surface area contributed by atoms with Crippen LogP contribution in [0.2, 0.25) is 0 Å². The van der Waals surface area contributed by atoms with Crippen molar-refractivity contribution in [3.8, 4) is 0 Å². The number of aromatic nitrogens is 3. The third-order valence-corrected chi connectivity index (χ3v) is 2.27. The minimum atomic E-state index is 0.661. The SMILES string of the molecule is CCNc1nc2c(Br)cccn2n1. The van der Waals surface area contributed by atoms with E-state index in [0.29, 0.717) is 5.95 Å². The van der Waals surface area contributed by atoms with Gasteiger partial charge < -0.3 is 5.32 Å². The zero-order chi connectivity index (χ0) is 9.26. The summed E-state index contributed by atoms with van der Waals surface area (Å²) in [5.74, 6) is 0.661. The first-order valence-electron chi connectivity index (χ1n) is 4.06. The van der Waals surface area contributed by atoms with E-state index in [9.17, 15) is 0 Å². The van der Waals surface area contributed by atoms with E-state index in [1.54, 1.807) is 4.52 Å². The number of hydrogen-bond acceptors (Lipinski definition) is 3. The molecule has 2 aromatic rings. The van der Waals surface area contributed by atoms with Crippen LogP contribution >= 0.6 is 15.9 Å². The van der Waals surface area contributed by atoms with Crippen molar-refractivity contribution in [2.75, 3.05) is 11.9 Å². The van der Waals surface area contributed by atoms with E-state index >= 15 is 0 Å². The van der Waals surface area contributed by atoms with Gasteiger partial charge in [-0.25, -0.2) is 4.52 Å². The summed E-state index contributed by atoms with van der Waals surface area (Å²) in [6.07, 6.45) is 1.87. The molecule has 0 atom stereocenters. The van der Waals surface area contributed by atoms with Crippen molar-refractivity contribution < 1.29 is 0 Å². The summed E-state index contributed by atoms with van der Waals surface area (Å²) in [6.45, 7) is 2.84. The Bertz CT molecular complexity index is 423. The maximum atomic E-state index is 4.30. The highest BCUT2D eigenvalue weighted by Crippen LogP contribution is 2.16. The molecule has 0 aliphatic carbocycles. The second-order valence-corrected chi connectivity index (χ2v) is 3.44. The molecule has 0 aliphatic heterocycles. The molecule has 0 bridgehead atoms. The zero-order valence-electron chi connectivity index (χ0n) is 7.16. The van der Waals surface area contributed by atoms with Gasteiger partial charge in [0.1, 0.15) is 0 Å². The van der Waals surface area contributed by atoms with Gasteiger partial charge >= 0.3 is 0 Å². The van der Waals surface area contributed by atoms with E-state index in [0.717, 1.165) is 16.7 Å². The third-order valence-electron chi connectivity index (χ3n) is 1.65. The van der Waals surface area contributed by atoms with Crippen molar-refractivity contribution in [1.29, 1.82) is 0 Å². The van der Waals surface area contributed by atoms with Crippen molar-refractivity contribution in [3.63, 3.8) is 0 Å². The fourth-order valence-corrected chi connectivity index (χ4v) is 1.53. The molecule has 5 heteroatoms. The van der Waals surface area contributed by atoms with E-state index in [2.05, 4.69) is 31.3 Å². The average Bonchev–Trinajstić information content (AvgIpc) is 2.49. The minimum absolute atomic E-state index is 0.661. The normalized spacial score (nSPS) is 10.6. The lowest BCUT2D eigenvalue weighted by Gasteiger charge is -1.90. The van der Waals surface area contributed by atoms with Crippen molar-refractivity contribution >= 4 is 27.5 Å². The molecule has 0 aliphatic rings. The zero-order valence-corrected chi connectivity index (χ0v) is 8.74. The molecule has 2 aromatic heterocycles. The molecular weight excluding hydrogens is 232 g/mol. The molecule has 0 aromatic carbocycles. The van der Waals surface area contributed by atoms with E-state index < -0.39 is 0 Å². The summed E-state index contributed by atoms with van der Waals surface area (Å²) >= 11 is 3.41. The average molecular weight is 241 g/mol. The van der Waals surface area contributed by atoms with Crippen LogP contribution in [0.5, 0.6) is 0 Å². The molecule has 0 fully saturated rings. The number of halogens is 1. The predicted molar refractivity (Wildman–Crippen MR) is 54.9 cm³/mol. The van der Waals surface area contributed by atoms with Crippen molar-refractivity contribution in [2.45, 2.75) is 6.92 Å². The van der Waals surface area contributed by atoms with Crippen molar-refractivity contribution in [1.82, 2.24) is 14.6 Å². The number of rotatable bonds is 2. The van der Waals surface area contributed by atoms with Gasteiger partial charge in [-0.2, -0.15) is 4.98 Å². The van der Waals surface area contributed by atoms with Gasteiger partial charge in [0.25, 0.3) is 0 Å². The monoisotopic (exact) mass is 240 g/mol. The molecule has 0 spiro atoms. The van der Waals surface area contributed by atoms with Crippen LogP contribution in [0.1, 0.15) is 6.92 Å². The Kier molecular flexibility index (Phi) is 2.18. The highest BCUT2D eigenvalue weighted by atomic mass is 79.9. The van der Waals surface area contributed by atoms with Crippen LogP contribution in [0.25, 0.3) is 5.65 Å². The van der Waals surface area contributed by atoms with Crippen molar-refractivity contribution in [2.24, 2.45) is 0 Å². The van der Waals surface area contributed by atoms with Crippen LogP contribution in [-0.4, -0.2) is 21.1 Å². The van der Waals surface area contributed by atoms with E-state index in [1.807, 2.05) is 25.3 Å². The summed E-state index contributed by atoms with van der Waals surface area (Å²) in [5, 5.41) is 7.29. The van der Waals surface area contributed by atoms with Crippen LogP contribution in [0.4, 0.5) is 5.95 Å². The summed E-state index contributed by atoms with van der Waals surface area (Å²) < 4.78 is 2.69. The first-order chi connectivity index (χ1) is 6.31. The topological polar surface area (TPSA) is 42.2 Å². The van der Waals surface area contributed by atoms with Gasteiger partial charge in [-0.15, -0.1) is 5.10 Å². The number of nitrogens with zero attached hydrogens (tertiary/aromatic N) is 3. The molecule has 0 unspecified atom stereocenters. The number of anilines is 1. The molecule has 0 saturated heterocycles. The fourth-order valence-electron chi connectivity index (χ4n) is 1.11. The maximum Gasteiger partial charge on any atom is 0.243 e. The Labute approximate surface area is 84.1 Å². The van der Waals surface area contributed by atoms with Gasteiger partial charge in [0.15, 0.2) is 5.65 Å². The standard InChI is InChI=1S/C8H9BrN4/c1-2-10-8-11-7-6(9)4-3-5-13(7)12-8/h3-5H,2H2,1H3,(H,10,12). The molecule has 1 N–H and O–H groups in total. The summed E-state index contributed by atoms with van der Waals surface area (Å²) in [6, 6.07) is 3.86. The van der Waals surface area contributed by atoms with Crippen LogP contribution in [0.15, 0.2) is 22.8 Å². The summed E-state index contributed by atoms with van der Waals surface area (Å²) in [7, 11) is 0. The highest BCUT2D eigenvalue weighted by Gasteiger charge is 2.03. The first-order valence-corrected chi connectivity index (χ1v) is 4.85. The molecular formula is C8H9BrN4. The molecule has 0 radical (unpaired) electrons. The Morgan fingerprint density at radius 2 is 2.46 bits per heavy atom. The van der Waals surface area contributed by atoms with Crippen LogP contribution < -0.4 is 5.32 Å². The summed E-state index contributed by atoms with van der Waals surface area (Å²) in [5.41, 5.74) is 0.832. The van der Waals surface area contributed by atoms with Gasteiger partial charge in [0, 0.05) is 12.7 Å². The Morgan fingerprint density at radius 3 is 3.15 bits per heavy atom. The lowest BCUT2D eigenvalue weighted by molar-refractivity contribution is 0.953. The fraction of sp³-hybridized carbons (Fsp3) is 0.250. The quantitative estimate of drug-likeness (QED) is 0.873. The molecule has 2 rings (SSSR count). The maximum absolute atomic E-state index is 4.30. The molecule has 0 amide bonds. The number of hydrogen-bond donors (Lipinski definition) is 1. The largest absolute Gasteiger partial charge is 0.353 e. The van der Waals surface area contributed by atoms with E-state index in [-0.39, 0.29) is 0 Å². The van der Waals surface area contributed by atoms with Gasteiger partial charge in [-0.1, -0.05) is 0 Å². The van der Waals surface area contributed by atoms with Gasteiger partial charge in [-0.3, -0.25) is 0 Å². The van der Waals surface area contributed by atoms with E-state index in [1.165, 1.54) is 0 Å². The van der Waals surface area contributed by atoms with Gasteiger partial charge in [0.05, 0.1) is 4.47 Å². The molecule has 13 heavy (non-hydrogen) atoms. The molecule has 68 valence electrons. The number of fused-ring (bicyclic) bond motifs is 1. The highest BCUT2D eigenvalue weighted by molar-refractivity contribution is 9.10. The minimum Gasteiger partial charge on any atom is -0.353 e. The number of pyridine rings is 1. The van der Waals surface area contributed by atoms with Gasteiger partial charge in [0.2, 0.25) is 5.95 Å². The van der Waals surface area contributed by atoms with Crippen LogP contribution in [0.3, 0.4) is 0 Å². The van der Waals surface area contributed by atoms with Crippen molar-refractivity contribution in [3.05, 3.63) is 22.8 Å². The molecule has 4 nitrogen and oxygen atoms in total. The Hall–Kier alpha value is -1.10. The van der Waals surface area contributed by atoms with Crippen LogP contribution in [-0.2, 0) is 0 Å². The first kappa shape index (κ1) is 8.50. The molecule has 0 saturated carbocycles.